The van der Waals surface area contributed by atoms with Gasteiger partial charge in [0.15, 0.2) is 0 Å². The first-order valence-corrected chi connectivity index (χ1v) is 5.76. The molecular formula is C12H21NO2. The first kappa shape index (κ1) is 12.2. The predicted molar refractivity (Wildman–Crippen MR) is 60.6 cm³/mol. The molecule has 0 aliphatic heterocycles. The monoisotopic (exact) mass is 211 g/mol. The lowest BCUT2D eigenvalue weighted by molar-refractivity contribution is -0.144. The molecule has 1 unspecified atom stereocenters. The maximum absolute atomic E-state index is 11.7. The first-order chi connectivity index (χ1) is 7.15. The second-order valence-corrected chi connectivity index (χ2v) is 4.18. The minimum absolute atomic E-state index is 0.139. The van der Waals surface area contributed by atoms with Crippen LogP contribution in [0.1, 0.15) is 40.0 Å². The van der Waals surface area contributed by atoms with Gasteiger partial charge in [0.2, 0.25) is 0 Å². The SMILES string of the molecule is CCOC(=O)C(NC(C)C)C1=CCCC1. The van der Waals surface area contributed by atoms with Gasteiger partial charge < -0.3 is 4.74 Å². The third kappa shape index (κ3) is 3.67. The largest absolute Gasteiger partial charge is 0.465 e. The van der Waals surface area contributed by atoms with E-state index < -0.39 is 0 Å². The molecule has 0 aromatic carbocycles. The number of allylic oxidation sites excluding steroid dienone is 1. The molecule has 0 saturated carbocycles. The van der Waals surface area contributed by atoms with Crippen LogP contribution in [-0.2, 0) is 9.53 Å². The lowest BCUT2D eigenvalue weighted by Crippen LogP contribution is -2.43. The molecule has 1 atom stereocenters. The van der Waals surface area contributed by atoms with Gasteiger partial charge in [0, 0.05) is 6.04 Å². The van der Waals surface area contributed by atoms with Crippen molar-refractivity contribution in [3.63, 3.8) is 0 Å². The molecule has 15 heavy (non-hydrogen) atoms. The number of rotatable bonds is 5. The molecular weight excluding hydrogens is 190 g/mol. The zero-order valence-electron chi connectivity index (χ0n) is 9.88. The average molecular weight is 211 g/mol. The summed E-state index contributed by atoms with van der Waals surface area (Å²) in [5.41, 5.74) is 1.20. The molecule has 1 aliphatic carbocycles. The van der Waals surface area contributed by atoms with Gasteiger partial charge in [0.05, 0.1) is 6.61 Å². The topological polar surface area (TPSA) is 38.3 Å². The first-order valence-electron chi connectivity index (χ1n) is 5.76. The Labute approximate surface area is 91.9 Å². The summed E-state index contributed by atoms with van der Waals surface area (Å²) in [6, 6.07) is 0.0633. The minimum atomic E-state index is -0.229. The van der Waals surface area contributed by atoms with Gasteiger partial charge >= 0.3 is 5.97 Å². The zero-order chi connectivity index (χ0) is 11.3. The van der Waals surface area contributed by atoms with Crippen molar-refractivity contribution in [1.82, 2.24) is 5.32 Å². The average Bonchev–Trinajstić information content (AvgIpc) is 2.66. The highest BCUT2D eigenvalue weighted by atomic mass is 16.5. The highest BCUT2D eigenvalue weighted by Crippen LogP contribution is 2.21. The molecule has 0 spiro atoms. The van der Waals surface area contributed by atoms with Crippen LogP contribution in [0.5, 0.6) is 0 Å². The Bertz CT molecular complexity index is 246. The van der Waals surface area contributed by atoms with E-state index in [2.05, 4.69) is 11.4 Å². The van der Waals surface area contributed by atoms with Crippen molar-refractivity contribution in [2.24, 2.45) is 0 Å². The second-order valence-electron chi connectivity index (χ2n) is 4.18. The Balaban J connectivity index is 2.63. The summed E-state index contributed by atoms with van der Waals surface area (Å²) >= 11 is 0. The van der Waals surface area contributed by atoms with Gasteiger partial charge in [-0.15, -0.1) is 0 Å². The molecule has 0 aromatic rings. The number of nitrogens with one attached hydrogen (secondary N) is 1. The Morgan fingerprint density at radius 2 is 2.33 bits per heavy atom. The van der Waals surface area contributed by atoms with Gasteiger partial charge in [-0.05, 0) is 45.6 Å². The van der Waals surface area contributed by atoms with E-state index in [9.17, 15) is 4.79 Å². The van der Waals surface area contributed by atoms with Crippen LogP contribution in [0.15, 0.2) is 11.6 Å². The van der Waals surface area contributed by atoms with Crippen LogP contribution < -0.4 is 5.32 Å². The molecule has 0 fully saturated rings. The fourth-order valence-corrected chi connectivity index (χ4v) is 1.84. The fraction of sp³-hybridized carbons (Fsp3) is 0.750. The number of hydrogen-bond acceptors (Lipinski definition) is 3. The van der Waals surface area contributed by atoms with Crippen molar-refractivity contribution in [1.29, 1.82) is 0 Å². The molecule has 86 valence electrons. The van der Waals surface area contributed by atoms with Gasteiger partial charge in [0.25, 0.3) is 0 Å². The van der Waals surface area contributed by atoms with E-state index >= 15 is 0 Å². The van der Waals surface area contributed by atoms with Crippen LogP contribution >= 0.6 is 0 Å². The molecule has 0 bridgehead atoms. The maximum atomic E-state index is 11.7. The quantitative estimate of drug-likeness (QED) is 0.558. The normalized spacial score (nSPS) is 17.7. The van der Waals surface area contributed by atoms with E-state index in [1.54, 1.807) is 0 Å². The maximum Gasteiger partial charge on any atom is 0.327 e. The van der Waals surface area contributed by atoms with Crippen LogP contribution in [-0.4, -0.2) is 24.7 Å². The Kier molecular flexibility index (Phi) is 4.82. The lowest BCUT2D eigenvalue weighted by atomic mass is 10.1. The summed E-state index contributed by atoms with van der Waals surface area (Å²) < 4.78 is 5.08. The molecule has 0 heterocycles. The molecule has 3 heteroatoms. The Morgan fingerprint density at radius 1 is 1.60 bits per heavy atom. The van der Waals surface area contributed by atoms with Gasteiger partial charge in [0.1, 0.15) is 6.04 Å². The van der Waals surface area contributed by atoms with E-state index in [-0.39, 0.29) is 12.0 Å². The second kappa shape index (κ2) is 5.91. The van der Waals surface area contributed by atoms with Crippen molar-refractivity contribution in [2.45, 2.75) is 52.1 Å². The lowest BCUT2D eigenvalue weighted by Gasteiger charge is -2.20. The van der Waals surface area contributed by atoms with Crippen molar-refractivity contribution >= 4 is 5.97 Å². The summed E-state index contributed by atoms with van der Waals surface area (Å²) in [6.07, 6.45) is 5.43. The van der Waals surface area contributed by atoms with Crippen LogP contribution in [0.2, 0.25) is 0 Å². The smallest absolute Gasteiger partial charge is 0.327 e. The van der Waals surface area contributed by atoms with E-state index in [0.29, 0.717) is 12.6 Å². The Hall–Kier alpha value is -0.830. The summed E-state index contributed by atoms with van der Waals surface area (Å²) in [7, 11) is 0. The van der Waals surface area contributed by atoms with Crippen molar-refractivity contribution in [3.05, 3.63) is 11.6 Å². The highest BCUT2D eigenvalue weighted by Gasteiger charge is 2.25. The summed E-state index contributed by atoms with van der Waals surface area (Å²) in [6.45, 7) is 6.37. The van der Waals surface area contributed by atoms with E-state index in [1.165, 1.54) is 5.57 Å². The van der Waals surface area contributed by atoms with Crippen LogP contribution in [0, 0.1) is 0 Å². The molecule has 1 rings (SSSR count). The minimum Gasteiger partial charge on any atom is -0.465 e. The van der Waals surface area contributed by atoms with Crippen molar-refractivity contribution < 1.29 is 9.53 Å². The van der Waals surface area contributed by atoms with Crippen molar-refractivity contribution in [2.75, 3.05) is 6.61 Å². The van der Waals surface area contributed by atoms with Crippen LogP contribution in [0.4, 0.5) is 0 Å². The van der Waals surface area contributed by atoms with Gasteiger partial charge in [-0.3, -0.25) is 5.32 Å². The summed E-state index contributed by atoms with van der Waals surface area (Å²) in [5.74, 6) is -0.139. The third-order valence-electron chi connectivity index (χ3n) is 2.47. The van der Waals surface area contributed by atoms with Crippen LogP contribution in [0.25, 0.3) is 0 Å². The van der Waals surface area contributed by atoms with Crippen LogP contribution in [0.3, 0.4) is 0 Å². The van der Waals surface area contributed by atoms with Gasteiger partial charge in [-0.25, -0.2) is 4.79 Å². The zero-order valence-corrected chi connectivity index (χ0v) is 9.88. The number of carbonyl (C=O) groups excluding carboxylic acids is 1. The third-order valence-corrected chi connectivity index (χ3v) is 2.47. The highest BCUT2D eigenvalue weighted by molar-refractivity contribution is 5.79. The van der Waals surface area contributed by atoms with E-state index in [0.717, 1.165) is 19.3 Å². The van der Waals surface area contributed by atoms with Gasteiger partial charge in [-0.1, -0.05) is 6.08 Å². The summed E-state index contributed by atoms with van der Waals surface area (Å²) in [4.78, 5) is 11.7. The molecule has 0 amide bonds. The number of hydrogen-bond donors (Lipinski definition) is 1. The number of ether oxygens (including phenoxy) is 1. The standard InChI is InChI=1S/C12H21NO2/c1-4-15-12(14)11(13-9(2)3)10-7-5-6-8-10/h7,9,11,13H,4-6,8H2,1-3H3. The molecule has 3 nitrogen and oxygen atoms in total. The predicted octanol–water partition coefficient (Wildman–Crippen LogP) is 2.03. The molecule has 0 saturated heterocycles. The van der Waals surface area contributed by atoms with E-state index in [4.69, 9.17) is 4.74 Å². The molecule has 0 radical (unpaired) electrons. The summed E-state index contributed by atoms with van der Waals surface area (Å²) in [5, 5.41) is 3.26. The number of esters is 1. The fourth-order valence-electron chi connectivity index (χ4n) is 1.84. The van der Waals surface area contributed by atoms with Gasteiger partial charge in [-0.2, -0.15) is 0 Å². The van der Waals surface area contributed by atoms with E-state index in [1.807, 2.05) is 20.8 Å². The molecule has 1 aliphatic rings. The molecule has 1 N–H and O–H groups in total. The Morgan fingerprint density at radius 3 is 2.80 bits per heavy atom. The molecule has 0 aromatic heterocycles. The van der Waals surface area contributed by atoms with Crippen molar-refractivity contribution in [3.8, 4) is 0 Å². The number of carbonyl (C=O) groups is 1.